The molecular weight excluding hydrogens is 276 g/mol. The van der Waals surface area contributed by atoms with Crippen molar-refractivity contribution in [2.45, 2.75) is 52.7 Å². The number of esters is 2. The van der Waals surface area contributed by atoms with Gasteiger partial charge in [-0.15, -0.1) is 5.10 Å². The van der Waals surface area contributed by atoms with Crippen LogP contribution in [0.3, 0.4) is 0 Å². The minimum atomic E-state index is -0.704. The van der Waals surface area contributed by atoms with Gasteiger partial charge in [0.05, 0.1) is 12.7 Å². The monoisotopic (exact) mass is 298 g/mol. The maximum absolute atomic E-state index is 12.0. The summed E-state index contributed by atoms with van der Waals surface area (Å²) in [5.74, 6) is -1.11. The molecule has 0 bridgehead atoms. The zero-order valence-electron chi connectivity index (χ0n) is 12.8. The molecule has 0 radical (unpaired) electrons. The number of rotatable bonds is 7. The molecular formula is C13H22N4O4. The second-order valence-electron chi connectivity index (χ2n) is 4.81. The Labute approximate surface area is 123 Å². The predicted molar refractivity (Wildman–Crippen MR) is 75.6 cm³/mol. The molecule has 1 unspecified atom stereocenters. The van der Waals surface area contributed by atoms with Crippen LogP contribution in [0.4, 0.5) is 5.82 Å². The highest BCUT2D eigenvalue weighted by Crippen LogP contribution is 2.19. The van der Waals surface area contributed by atoms with Crippen molar-refractivity contribution >= 4 is 17.8 Å². The lowest BCUT2D eigenvalue weighted by Gasteiger charge is -2.15. The molecule has 0 saturated heterocycles. The van der Waals surface area contributed by atoms with Gasteiger partial charge in [-0.3, -0.25) is 0 Å². The maximum atomic E-state index is 12.0. The van der Waals surface area contributed by atoms with Gasteiger partial charge in [0, 0.05) is 0 Å². The van der Waals surface area contributed by atoms with Gasteiger partial charge in [0.15, 0.2) is 11.9 Å². The number of nitrogen functional groups attached to an aromatic ring is 1. The molecule has 8 heteroatoms. The first-order valence-electron chi connectivity index (χ1n) is 7.00. The van der Waals surface area contributed by atoms with Gasteiger partial charge >= 0.3 is 11.9 Å². The number of hydrogen-bond acceptors (Lipinski definition) is 7. The molecule has 118 valence electrons. The highest BCUT2D eigenvalue weighted by Gasteiger charge is 2.28. The fraction of sp³-hybridized carbons (Fsp3) is 0.692. The molecule has 1 atom stereocenters. The standard InChI is InChI=1S/C13H22N4O4/c1-5-7-20-12(18)9(6-2)17-11(14)10(15-16-17)13(19)21-8(3)4/h8-9H,5-7,14H2,1-4H3. The fourth-order valence-corrected chi connectivity index (χ4v) is 1.68. The van der Waals surface area contributed by atoms with Crippen molar-refractivity contribution in [3.63, 3.8) is 0 Å². The fourth-order valence-electron chi connectivity index (χ4n) is 1.68. The van der Waals surface area contributed by atoms with Gasteiger partial charge < -0.3 is 15.2 Å². The highest BCUT2D eigenvalue weighted by atomic mass is 16.5. The van der Waals surface area contributed by atoms with Crippen LogP contribution in [0.25, 0.3) is 0 Å². The van der Waals surface area contributed by atoms with Crippen LogP contribution >= 0.6 is 0 Å². The van der Waals surface area contributed by atoms with E-state index in [1.807, 2.05) is 6.92 Å². The average Bonchev–Trinajstić information content (AvgIpc) is 2.79. The third-order valence-electron chi connectivity index (χ3n) is 2.67. The van der Waals surface area contributed by atoms with E-state index in [-0.39, 0.29) is 17.6 Å². The van der Waals surface area contributed by atoms with E-state index in [1.165, 1.54) is 4.68 Å². The van der Waals surface area contributed by atoms with Crippen molar-refractivity contribution in [1.82, 2.24) is 15.0 Å². The topological polar surface area (TPSA) is 109 Å². The summed E-state index contributed by atoms with van der Waals surface area (Å²) in [4.78, 5) is 23.8. The zero-order valence-corrected chi connectivity index (χ0v) is 12.8. The largest absolute Gasteiger partial charge is 0.464 e. The third-order valence-corrected chi connectivity index (χ3v) is 2.67. The Kier molecular flexibility index (Phi) is 6.13. The van der Waals surface area contributed by atoms with Gasteiger partial charge in [-0.25, -0.2) is 14.3 Å². The number of nitrogens with zero attached hydrogens (tertiary/aromatic N) is 3. The first-order valence-corrected chi connectivity index (χ1v) is 7.00. The number of hydrogen-bond donors (Lipinski definition) is 1. The molecule has 0 aromatic carbocycles. The molecule has 0 aliphatic heterocycles. The molecule has 21 heavy (non-hydrogen) atoms. The van der Waals surface area contributed by atoms with Gasteiger partial charge in [-0.1, -0.05) is 19.1 Å². The number of anilines is 1. The molecule has 2 N–H and O–H groups in total. The van der Waals surface area contributed by atoms with Crippen molar-refractivity contribution in [3.8, 4) is 0 Å². The molecule has 8 nitrogen and oxygen atoms in total. The second-order valence-corrected chi connectivity index (χ2v) is 4.81. The van der Waals surface area contributed by atoms with Crippen LogP contribution in [0.5, 0.6) is 0 Å². The van der Waals surface area contributed by atoms with E-state index in [9.17, 15) is 9.59 Å². The van der Waals surface area contributed by atoms with Crippen LogP contribution in [-0.2, 0) is 14.3 Å². The van der Waals surface area contributed by atoms with Crippen LogP contribution < -0.4 is 5.73 Å². The van der Waals surface area contributed by atoms with E-state index in [0.717, 1.165) is 6.42 Å². The highest BCUT2D eigenvalue weighted by molar-refractivity contribution is 5.92. The lowest BCUT2D eigenvalue weighted by molar-refractivity contribution is -0.148. The van der Waals surface area contributed by atoms with Crippen LogP contribution in [0, 0.1) is 0 Å². The summed E-state index contributed by atoms with van der Waals surface area (Å²) in [5, 5.41) is 7.49. The lowest BCUT2D eigenvalue weighted by atomic mass is 10.2. The van der Waals surface area contributed by atoms with Gasteiger partial charge in [0.1, 0.15) is 0 Å². The summed E-state index contributed by atoms with van der Waals surface area (Å²) in [6, 6.07) is -0.704. The summed E-state index contributed by atoms with van der Waals surface area (Å²) < 4.78 is 11.3. The Balaban J connectivity index is 2.95. The Morgan fingerprint density at radius 2 is 2.00 bits per heavy atom. The summed E-state index contributed by atoms with van der Waals surface area (Å²) in [7, 11) is 0. The number of ether oxygens (including phenoxy) is 2. The molecule has 0 aliphatic rings. The van der Waals surface area contributed by atoms with Crippen molar-refractivity contribution in [2.75, 3.05) is 12.3 Å². The third kappa shape index (κ3) is 4.17. The molecule has 1 rings (SSSR count). The summed E-state index contributed by atoms with van der Waals surface area (Å²) in [6.45, 7) is 7.46. The molecule has 0 saturated carbocycles. The zero-order chi connectivity index (χ0) is 16.0. The second kappa shape index (κ2) is 7.61. The van der Waals surface area contributed by atoms with E-state index >= 15 is 0 Å². The first-order chi connectivity index (χ1) is 9.92. The molecule has 1 heterocycles. The molecule has 0 spiro atoms. The predicted octanol–water partition coefficient (Wildman–Crippen LogP) is 1.33. The molecule has 1 aromatic rings. The van der Waals surface area contributed by atoms with E-state index < -0.39 is 18.0 Å². The molecule has 0 fully saturated rings. The first kappa shape index (κ1) is 16.9. The summed E-state index contributed by atoms with van der Waals surface area (Å²) in [5.41, 5.74) is 5.76. The van der Waals surface area contributed by atoms with Crippen molar-refractivity contribution in [2.24, 2.45) is 0 Å². The van der Waals surface area contributed by atoms with Gasteiger partial charge in [-0.05, 0) is 26.7 Å². The average molecular weight is 298 g/mol. The van der Waals surface area contributed by atoms with E-state index in [0.29, 0.717) is 13.0 Å². The minimum absolute atomic E-state index is 0.000878. The maximum Gasteiger partial charge on any atom is 0.363 e. The van der Waals surface area contributed by atoms with Crippen LogP contribution in [-0.4, -0.2) is 39.6 Å². The van der Waals surface area contributed by atoms with Crippen molar-refractivity contribution in [1.29, 1.82) is 0 Å². The minimum Gasteiger partial charge on any atom is -0.464 e. The Bertz CT molecular complexity index is 498. The summed E-state index contributed by atoms with van der Waals surface area (Å²) in [6.07, 6.45) is 0.856. The van der Waals surface area contributed by atoms with E-state index in [4.69, 9.17) is 15.2 Å². The van der Waals surface area contributed by atoms with Gasteiger partial charge in [0.2, 0.25) is 5.69 Å². The normalized spacial score (nSPS) is 12.2. The van der Waals surface area contributed by atoms with Crippen LogP contribution in [0.2, 0.25) is 0 Å². The molecule has 0 aliphatic carbocycles. The number of carbonyl (C=O) groups is 2. The Hall–Kier alpha value is -2.12. The number of nitrogens with two attached hydrogens (primary N) is 1. The SMILES string of the molecule is CCCOC(=O)C(CC)n1nnc(C(=O)OC(C)C)c1N. The summed E-state index contributed by atoms with van der Waals surface area (Å²) >= 11 is 0. The van der Waals surface area contributed by atoms with Crippen LogP contribution in [0.15, 0.2) is 0 Å². The number of aromatic nitrogens is 3. The van der Waals surface area contributed by atoms with Crippen LogP contribution in [0.1, 0.15) is 57.1 Å². The molecule has 1 aromatic heterocycles. The number of carbonyl (C=O) groups excluding carboxylic acids is 2. The smallest absolute Gasteiger partial charge is 0.363 e. The van der Waals surface area contributed by atoms with Crippen molar-refractivity contribution in [3.05, 3.63) is 5.69 Å². The van der Waals surface area contributed by atoms with Gasteiger partial charge in [0.25, 0.3) is 0 Å². The van der Waals surface area contributed by atoms with Crippen molar-refractivity contribution < 1.29 is 19.1 Å². The Morgan fingerprint density at radius 1 is 1.33 bits per heavy atom. The quantitative estimate of drug-likeness (QED) is 0.756. The molecule has 0 amide bonds. The Morgan fingerprint density at radius 3 is 2.52 bits per heavy atom. The lowest BCUT2D eigenvalue weighted by Crippen LogP contribution is -2.24. The van der Waals surface area contributed by atoms with Gasteiger partial charge in [-0.2, -0.15) is 0 Å². The van der Waals surface area contributed by atoms with E-state index in [1.54, 1.807) is 20.8 Å². The van der Waals surface area contributed by atoms with E-state index in [2.05, 4.69) is 10.3 Å².